The number of rotatable bonds is 7. The number of amides is 4. The Morgan fingerprint density at radius 3 is 2.39 bits per heavy atom. The summed E-state index contributed by atoms with van der Waals surface area (Å²) in [6.07, 6.45) is 1.38. The third-order valence-corrected chi connectivity index (χ3v) is 5.97. The SMILES string of the molecule is CCOc1cc(/C=C2\C(=O)NC(=O)N(c3cccc(Cl)c3)C2=O)ccc1OCc1ccc(Cl)cc1Cl. The zero-order valence-corrected chi connectivity index (χ0v) is 21.2. The van der Waals surface area contributed by atoms with E-state index in [4.69, 9.17) is 44.3 Å². The lowest BCUT2D eigenvalue weighted by Crippen LogP contribution is -2.54. The van der Waals surface area contributed by atoms with Gasteiger partial charge in [-0.15, -0.1) is 0 Å². The number of benzene rings is 3. The molecule has 4 rings (SSSR count). The maximum absolute atomic E-state index is 13.1. The van der Waals surface area contributed by atoms with Gasteiger partial charge < -0.3 is 9.47 Å². The van der Waals surface area contributed by atoms with Gasteiger partial charge in [0.1, 0.15) is 12.2 Å². The van der Waals surface area contributed by atoms with Crippen LogP contribution < -0.4 is 19.7 Å². The van der Waals surface area contributed by atoms with E-state index >= 15 is 0 Å². The minimum absolute atomic E-state index is 0.175. The normalized spacial score (nSPS) is 14.7. The highest BCUT2D eigenvalue weighted by molar-refractivity contribution is 6.39. The Labute approximate surface area is 222 Å². The second-order valence-electron chi connectivity index (χ2n) is 7.60. The number of ether oxygens (including phenoxy) is 2. The number of urea groups is 1. The number of barbiturate groups is 1. The van der Waals surface area contributed by atoms with E-state index in [1.54, 1.807) is 54.6 Å². The second kappa shape index (κ2) is 11.0. The van der Waals surface area contributed by atoms with Crippen molar-refractivity contribution < 1.29 is 23.9 Å². The number of hydrogen-bond acceptors (Lipinski definition) is 5. The molecule has 7 nitrogen and oxygen atoms in total. The number of carbonyl (C=O) groups excluding carboxylic acids is 3. The van der Waals surface area contributed by atoms with Gasteiger partial charge in [-0.1, -0.05) is 53.0 Å². The highest BCUT2D eigenvalue weighted by Gasteiger charge is 2.36. The number of nitrogens with zero attached hydrogens (tertiary/aromatic N) is 1. The summed E-state index contributed by atoms with van der Waals surface area (Å²) in [6.45, 7) is 2.35. The van der Waals surface area contributed by atoms with Gasteiger partial charge in [-0.05, 0) is 61.0 Å². The molecule has 36 heavy (non-hydrogen) atoms. The zero-order valence-electron chi connectivity index (χ0n) is 18.9. The molecule has 0 spiro atoms. The zero-order chi connectivity index (χ0) is 25.8. The van der Waals surface area contributed by atoms with E-state index in [1.165, 1.54) is 12.1 Å². The average molecular weight is 546 g/mol. The van der Waals surface area contributed by atoms with E-state index in [2.05, 4.69) is 5.32 Å². The van der Waals surface area contributed by atoms with E-state index in [1.807, 2.05) is 6.92 Å². The summed E-state index contributed by atoms with van der Waals surface area (Å²) in [6, 6.07) is 15.4. The fraction of sp³-hybridized carbons (Fsp3) is 0.115. The minimum Gasteiger partial charge on any atom is -0.490 e. The lowest BCUT2D eigenvalue weighted by atomic mass is 10.1. The molecular formula is C26H19Cl3N2O5. The summed E-state index contributed by atoms with van der Waals surface area (Å²) < 4.78 is 11.6. The van der Waals surface area contributed by atoms with Crippen LogP contribution in [0.3, 0.4) is 0 Å². The van der Waals surface area contributed by atoms with E-state index in [9.17, 15) is 14.4 Å². The van der Waals surface area contributed by atoms with Crippen molar-refractivity contribution in [3.8, 4) is 11.5 Å². The summed E-state index contributed by atoms with van der Waals surface area (Å²) in [5, 5.41) is 3.52. The topological polar surface area (TPSA) is 84.9 Å². The summed E-state index contributed by atoms with van der Waals surface area (Å²) in [4.78, 5) is 38.9. The molecule has 1 saturated heterocycles. The smallest absolute Gasteiger partial charge is 0.335 e. The molecule has 1 N–H and O–H groups in total. The van der Waals surface area contributed by atoms with Crippen LogP contribution in [0.15, 0.2) is 66.2 Å². The lowest BCUT2D eigenvalue weighted by Gasteiger charge is -2.26. The molecular weight excluding hydrogens is 527 g/mol. The molecule has 1 aliphatic rings. The predicted octanol–water partition coefficient (Wildman–Crippen LogP) is 6.29. The summed E-state index contributed by atoms with van der Waals surface area (Å²) >= 11 is 18.2. The van der Waals surface area contributed by atoms with Crippen LogP contribution in [-0.4, -0.2) is 24.5 Å². The van der Waals surface area contributed by atoms with Gasteiger partial charge in [-0.3, -0.25) is 14.9 Å². The van der Waals surface area contributed by atoms with Crippen LogP contribution in [-0.2, 0) is 16.2 Å². The number of hydrogen-bond donors (Lipinski definition) is 1. The molecule has 4 amide bonds. The largest absolute Gasteiger partial charge is 0.490 e. The van der Waals surface area contributed by atoms with Gasteiger partial charge in [0.25, 0.3) is 11.8 Å². The molecule has 1 aliphatic heterocycles. The van der Waals surface area contributed by atoms with E-state index in [-0.39, 0.29) is 17.9 Å². The molecule has 3 aromatic carbocycles. The molecule has 0 atom stereocenters. The molecule has 0 aliphatic carbocycles. The van der Waals surface area contributed by atoms with Crippen LogP contribution >= 0.6 is 34.8 Å². The molecule has 0 unspecified atom stereocenters. The molecule has 184 valence electrons. The third kappa shape index (κ3) is 5.65. The Morgan fingerprint density at radius 2 is 1.67 bits per heavy atom. The summed E-state index contributed by atoms with van der Waals surface area (Å²) in [7, 11) is 0. The van der Waals surface area contributed by atoms with Crippen LogP contribution in [0, 0.1) is 0 Å². The van der Waals surface area contributed by atoms with Gasteiger partial charge >= 0.3 is 6.03 Å². The second-order valence-corrected chi connectivity index (χ2v) is 8.88. The maximum atomic E-state index is 13.1. The number of imide groups is 2. The van der Waals surface area contributed by atoms with Crippen LogP contribution in [0.1, 0.15) is 18.1 Å². The van der Waals surface area contributed by atoms with Crippen LogP contribution in [0.5, 0.6) is 11.5 Å². The Hall–Kier alpha value is -3.52. The Morgan fingerprint density at radius 1 is 0.889 bits per heavy atom. The van der Waals surface area contributed by atoms with Gasteiger partial charge in [0.05, 0.1) is 12.3 Å². The molecule has 0 radical (unpaired) electrons. The highest BCUT2D eigenvalue weighted by Crippen LogP contribution is 2.32. The fourth-order valence-corrected chi connectivity index (χ4v) is 4.12. The molecule has 0 aromatic heterocycles. The molecule has 10 heteroatoms. The highest BCUT2D eigenvalue weighted by atomic mass is 35.5. The Kier molecular flexibility index (Phi) is 7.84. The fourth-order valence-electron chi connectivity index (χ4n) is 3.47. The number of carbonyl (C=O) groups is 3. The van der Waals surface area contributed by atoms with E-state index in [0.29, 0.717) is 38.7 Å². The van der Waals surface area contributed by atoms with Gasteiger partial charge in [-0.2, -0.15) is 0 Å². The quantitative estimate of drug-likeness (QED) is 0.279. The van der Waals surface area contributed by atoms with Crippen molar-refractivity contribution in [2.45, 2.75) is 13.5 Å². The van der Waals surface area contributed by atoms with Crippen molar-refractivity contribution in [3.05, 3.63) is 92.4 Å². The third-order valence-electron chi connectivity index (χ3n) is 5.14. The van der Waals surface area contributed by atoms with Crippen LogP contribution in [0.2, 0.25) is 15.1 Å². The summed E-state index contributed by atoms with van der Waals surface area (Å²) in [5.41, 5.74) is 1.25. The van der Waals surface area contributed by atoms with Gasteiger partial charge in [0.2, 0.25) is 0 Å². The molecule has 1 fully saturated rings. The molecule has 0 saturated carbocycles. The number of halogens is 3. The van der Waals surface area contributed by atoms with E-state index < -0.39 is 17.8 Å². The first-order valence-corrected chi connectivity index (χ1v) is 11.9. The first kappa shape index (κ1) is 25.6. The van der Waals surface area contributed by atoms with Gasteiger partial charge in [0, 0.05) is 20.6 Å². The molecule has 1 heterocycles. The molecule has 3 aromatic rings. The van der Waals surface area contributed by atoms with Crippen molar-refractivity contribution in [1.82, 2.24) is 5.32 Å². The number of nitrogens with one attached hydrogen (secondary N) is 1. The molecule has 0 bridgehead atoms. The van der Waals surface area contributed by atoms with Gasteiger partial charge in [-0.25, -0.2) is 9.69 Å². The monoisotopic (exact) mass is 544 g/mol. The van der Waals surface area contributed by atoms with Crippen LogP contribution in [0.4, 0.5) is 10.5 Å². The van der Waals surface area contributed by atoms with Crippen molar-refractivity contribution in [2.24, 2.45) is 0 Å². The Balaban J connectivity index is 1.61. The van der Waals surface area contributed by atoms with Crippen molar-refractivity contribution >= 4 is 64.4 Å². The standard InChI is InChI=1S/C26H19Cl3N2O5/c1-2-35-23-11-15(6-9-22(23)36-14-16-7-8-18(28)13-21(16)29)10-20-24(32)30-26(34)31(25(20)33)19-5-3-4-17(27)12-19/h3-13H,2,14H2,1H3,(H,30,32,34)/b20-10+. The van der Waals surface area contributed by atoms with E-state index in [0.717, 1.165) is 10.5 Å². The van der Waals surface area contributed by atoms with Crippen LogP contribution in [0.25, 0.3) is 6.08 Å². The lowest BCUT2D eigenvalue weighted by molar-refractivity contribution is -0.122. The summed E-state index contributed by atoms with van der Waals surface area (Å²) in [5.74, 6) is -0.732. The first-order valence-electron chi connectivity index (χ1n) is 10.8. The predicted molar refractivity (Wildman–Crippen MR) is 139 cm³/mol. The van der Waals surface area contributed by atoms with Crippen molar-refractivity contribution in [2.75, 3.05) is 11.5 Å². The first-order chi connectivity index (χ1) is 17.3. The average Bonchev–Trinajstić information content (AvgIpc) is 2.82. The minimum atomic E-state index is -0.857. The van der Waals surface area contributed by atoms with Gasteiger partial charge in [0.15, 0.2) is 11.5 Å². The number of anilines is 1. The maximum Gasteiger partial charge on any atom is 0.335 e. The Bertz CT molecular complexity index is 1390. The van der Waals surface area contributed by atoms with Crippen molar-refractivity contribution in [1.29, 1.82) is 0 Å². The van der Waals surface area contributed by atoms with Crippen molar-refractivity contribution in [3.63, 3.8) is 0 Å².